The molecule has 1 aliphatic carbocycles. The molecule has 1 aromatic heterocycles. The van der Waals surface area contributed by atoms with Crippen LogP contribution in [0.4, 0.5) is 5.69 Å². The van der Waals surface area contributed by atoms with Gasteiger partial charge in [0.05, 0.1) is 5.69 Å². The van der Waals surface area contributed by atoms with Gasteiger partial charge < -0.3 is 9.88 Å². The summed E-state index contributed by atoms with van der Waals surface area (Å²) in [5.41, 5.74) is 7.34. The van der Waals surface area contributed by atoms with Gasteiger partial charge in [0.15, 0.2) is 0 Å². The van der Waals surface area contributed by atoms with Gasteiger partial charge in [0.1, 0.15) is 0 Å². The maximum Gasteiger partial charge on any atom is 0.223 e. The molecule has 1 heterocycles. The second kappa shape index (κ2) is 4.73. The van der Waals surface area contributed by atoms with Gasteiger partial charge in [-0.25, -0.2) is 0 Å². The number of hydrogen-bond donors (Lipinski definition) is 1. The number of nitrogens with one attached hydrogen (secondary N) is 1. The molecule has 0 spiro atoms. The van der Waals surface area contributed by atoms with Crippen LogP contribution in [0.15, 0.2) is 42.5 Å². The van der Waals surface area contributed by atoms with Gasteiger partial charge in [-0.3, -0.25) is 4.79 Å². The van der Waals surface area contributed by atoms with Crippen LogP contribution < -0.4 is 4.90 Å². The minimum Gasteiger partial charge on any atom is -0.354 e. The topological polar surface area (TPSA) is 36.1 Å². The number of hydrogen-bond acceptors (Lipinski definition) is 1. The largest absolute Gasteiger partial charge is 0.354 e. The molecule has 1 aliphatic rings. The van der Waals surface area contributed by atoms with Gasteiger partial charge >= 0.3 is 0 Å². The zero-order valence-corrected chi connectivity index (χ0v) is 12.8. The van der Waals surface area contributed by atoms with Crippen molar-refractivity contribution in [3.05, 3.63) is 53.6 Å². The Hall–Kier alpha value is -2.55. The number of benzene rings is 2. The maximum atomic E-state index is 11.7. The molecular weight excluding hydrogens is 272 g/mol. The zero-order valence-electron chi connectivity index (χ0n) is 12.8. The van der Waals surface area contributed by atoms with E-state index in [1.165, 1.54) is 33.3 Å². The minimum atomic E-state index is 0.0874. The Morgan fingerprint density at radius 3 is 2.82 bits per heavy atom. The lowest BCUT2D eigenvalue weighted by Gasteiger charge is -2.20. The Balaban J connectivity index is 1.83. The Bertz CT molecular complexity index is 892. The van der Waals surface area contributed by atoms with E-state index in [1.807, 2.05) is 17.9 Å². The summed E-state index contributed by atoms with van der Waals surface area (Å²) in [6.45, 7) is 4.32. The van der Waals surface area contributed by atoms with Crippen LogP contribution in [0.2, 0.25) is 0 Å². The minimum absolute atomic E-state index is 0.0874. The molecule has 22 heavy (non-hydrogen) atoms. The van der Waals surface area contributed by atoms with Crippen molar-refractivity contribution in [2.24, 2.45) is 0 Å². The second-order valence-electron chi connectivity index (χ2n) is 5.81. The third-order valence-corrected chi connectivity index (χ3v) is 4.55. The highest BCUT2D eigenvalue weighted by atomic mass is 16.2. The summed E-state index contributed by atoms with van der Waals surface area (Å²) in [5.74, 6) is 0.0874. The smallest absolute Gasteiger partial charge is 0.223 e. The molecule has 0 saturated carbocycles. The van der Waals surface area contributed by atoms with Gasteiger partial charge in [-0.15, -0.1) is 0 Å². The summed E-state index contributed by atoms with van der Waals surface area (Å²) in [6.07, 6.45) is 0.929. The van der Waals surface area contributed by atoms with Crippen LogP contribution in [0.3, 0.4) is 0 Å². The molecule has 1 N–H and O–H groups in total. The molecule has 0 unspecified atom stereocenters. The van der Waals surface area contributed by atoms with Crippen molar-refractivity contribution in [3.63, 3.8) is 0 Å². The van der Waals surface area contributed by atoms with Gasteiger partial charge in [-0.05, 0) is 36.2 Å². The number of carbonyl (C=O) groups excluding carboxylic acids is 1. The molecule has 4 rings (SSSR count). The Labute approximate surface area is 129 Å². The van der Waals surface area contributed by atoms with Crippen molar-refractivity contribution in [3.8, 4) is 11.3 Å². The van der Waals surface area contributed by atoms with Crippen molar-refractivity contribution in [1.29, 1.82) is 0 Å². The van der Waals surface area contributed by atoms with Gasteiger partial charge in [0.25, 0.3) is 0 Å². The monoisotopic (exact) mass is 290 g/mol. The van der Waals surface area contributed by atoms with Gasteiger partial charge in [0, 0.05) is 42.0 Å². The summed E-state index contributed by atoms with van der Waals surface area (Å²) in [4.78, 5) is 17.1. The van der Waals surface area contributed by atoms with Crippen LogP contribution in [-0.4, -0.2) is 17.4 Å². The van der Waals surface area contributed by atoms with E-state index in [4.69, 9.17) is 0 Å². The summed E-state index contributed by atoms with van der Waals surface area (Å²) in [5, 5.41) is 1.30. The predicted octanol–water partition coefficient (Wildman–Crippen LogP) is 4.11. The molecule has 0 radical (unpaired) electrons. The van der Waals surface area contributed by atoms with Crippen molar-refractivity contribution in [1.82, 2.24) is 4.98 Å². The Morgan fingerprint density at radius 1 is 1.23 bits per heavy atom. The number of anilines is 1. The van der Waals surface area contributed by atoms with E-state index in [9.17, 15) is 4.79 Å². The Kier molecular flexibility index (Phi) is 2.83. The first-order valence-electron chi connectivity index (χ1n) is 7.70. The molecule has 0 atom stereocenters. The van der Waals surface area contributed by atoms with Crippen molar-refractivity contribution in [2.75, 3.05) is 11.4 Å². The first-order chi connectivity index (χ1) is 10.7. The summed E-state index contributed by atoms with van der Waals surface area (Å²) < 4.78 is 0. The highest BCUT2D eigenvalue weighted by Crippen LogP contribution is 2.41. The predicted molar refractivity (Wildman–Crippen MR) is 90.2 cm³/mol. The van der Waals surface area contributed by atoms with Crippen LogP contribution in [0.5, 0.6) is 0 Å². The van der Waals surface area contributed by atoms with E-state index in [2.05, 4.69) is 41.4 Å². The van der Waals surface area contributed by atoms with E-state index in [-0.39, 0.29) is 5.91 Å². The normalized spacial score (nSPS) is 12.3. The van der Waals surface area contributed by atoms with Crippen LogP contribution in [0, 0.1) is 0 Å². The zero-order chi connectivity index (χ0) is 15.3. The number of rotatable bonds is 2. The number of aromatic amines is 1. The maximum absolute atomic E-state index is 11.7. The number of aromatic nitrogens is 1. The van der Waals surface area contributed by atoms with E-state index in [0.717, 1.165) is 12.1 Å². The summed E-state index contributed by atoms with van der Waals surface area (Å²) >= 11 is 0. The van der Waals surface area contributed by atoms with E-state index < -0.39 is 0 Å². The van der Waals surface area contributed by atoms with Crippen molar-refractivity contribution in [2.45, 2.75) is 20.3 Å². The number of fused-ring (bicyclic) bond motifs is 5. The number of amides is 1. The third kappa shape index (κ3) is 1.78. The summed E-state index contributed by atoms with van der Waals surface area (Å²) in [6, 6.07) is 14.8. The van der Waals surface area contributed by atoms with Crippen LogP contribution in [-0.2, 0) is 11.2 Å². The molecule has 0 fully saturated rings. The average Bonchev–Trinajstić information content (AvgIpc) is 3.03. The first kappa shape index (κ1) is 13.1. The first-order valence-corrected chi connectivity index (χ1v) is 7.70. The van der Waals surface area contributed by atoms with Gasteiger partial charge in [-0.1, -0.05) is 24.3 Å². The fourth-order valence-corrected chi connectivity index (χ4v) is 3.53. The molecule has 0 bridgehead atoms. The highest BCUT2D eigenvalue weighted by Gasteiger charge is 2.24. The lowest BCUT2D eigenvalue weighted by atomic mass is 10.1. The number of nitrogens with zero attached hydrogens (tertiary/aromatic N) is 1. The SMILES string of the molecule is CCN(C(C)=O)c1ccc2c(c1)Cc1c-2[nH]c2ccccc12. The van der Waals surface area contributed by atoms with Crippen molar-refractivity contribution < 1.29 is 4.79 Å². The molecular formula is C19H18N2O. The number of para-hydroxylation sites is 1. The second-order valence-corrected chi connectivity index (χ2v) is 5.81. The van der Waals surface area contributed by atoms with Crippen LogP contribution in [0.1, 0.15) is 25.0 Å². The average molecular weight is 290 g/mol. The molecule has 0 aliphatic heterocycles. The van der Waals surface area contributed by atoms with E-state index >= 15 is 0 Å². The third-order valence-electron chi connectivity index (χ3n) is 4.55. The fourth-order valence-electron chi connectivity index (χ4n) is 3.53. The van der Waals surface area contributed by atoms with E-state index in [0.29, 0.717) is 6.54 Å². The van der Waals surface area contributed by atoms with Crippen LogP contribution in [0.25, 0.3) is 22.2 Å². The van der Waals surface area contributed by atoms with E-state index in [1.54, 1.807) is 6.92 Å². The lowest BCUT2D eigenvalue weighted by Crippen LogP contribution is -2.27. The quantitative estimate of drug-likeness (QED) is 0.592. The standard InChI is InChI=1S/C19H18N2O/c1-3-21(12(2)22)14-8-9-15-13(10-14)11-17-16-6-4-5-7-18(16)20-19(15)17/h4-10,20H,3,11H2,1-2H3. The molecule has 0 saturated heterocycles. The number of H-pyrrole nitrogens is 1. The molecule has 3 aromatic rings. The molecule has 3 nitrogen and oxygen atoms in total. The summed E-state index contributed by atoms with van der Waals surface area (Å²) in [7, 11) is 0. The van der Waals surface area contributed by atoms with Gasteiger partial charge in [0.2, 0.25) is 5.91 Å². The molecule has 110 valence electrons. The van der Waals surface area contributed by atoms with Crippen LogP contribution >= 0.6 is 0 Å². The Morgan fingerprint density at radius 2 is 2.05 bits per heavy atom. The highest BCUT2D eigenvalue weighted by molar-refractivity contribution is 5.96. The fraction of sp³-hybridized carbons (Fsp3) is 0.211. The molecule has 1 amide bonds. The van der Waals surface area contributed by atoms with Gasteiger partial charge in [-0.2, -0.15) is 0 Å². The molecule has 3 heteroatoms. The van der Waals surface area contributed by atoms with Crippen molar-refractivity contribution >= 4 is 22.5 Å². The molecule has 2 aromatic carbocycles. The number of carbonyl (C=O) groups is 1. The lowest BCUT2D eigenvalue weighted by molar-refractivity contribution is -0.116.